The summed E-state index contributed by atoms with van der Waals surface area (Å²) >= 11 is 0. The Bertz CT molecular complexity index is 550. The molecule has 0 N–H and O–H groups in total. The molecule has 1 unspecified atom stereocenters. The van der Waals surface area contributed by atoms with Crippen molar-refractivity contribution in [1.82, 2.24) is 0 Å². The zero-order valence-corrected chi connectivity index (χ0v) is 12.4. The molecule has 0 saturated heterocycles. The van der Waals surface area contributed by atoms with Gasteiger partial charge in [-0.15, -0.1) is 0 Å². The number of hydrogen-bond acceptors (Lipinski definition) is 4. The number of benzene rings is 1. The Labute approximate surface area is 125 Å². The van der Waals surface area contributed by atoms with E-state index in [-0.39, 0.29) is 29.6 Å². The van der Waals surface area contributed by atoms with Gasteiger partial charge in [0.2, 0.25) is 18.9 Å². The van der Waals surface area contributed by atoms with Crippen LogP contribution in [0.2, 0.25) is 0 Å². The molecule has 1 aromatic carbocycles. The summed E-state index contributed by atoms with van der Waals surface area (Å²) in [4.78, 5) is 22.0. The van der Waals surface area contributed by atoms with Gasteiger partial charge in [0.1, 0.15) is 5.56 Å². The van der Waals surface area contributed by atoms with Crippen LogP contribution in [0.1, 0.15) is 10.4 Å². The van der Waals surface area contributed by atoms with Crippen molar-refractivity contribution in [1.29, 1.82) is 0 Å². The van der Waals surface area contributed by atoms with Gasteiger partial charge in [-0.1, -0.05) is 0 Å². The quantitative estimate of drug-likeness (QED) is 0.229. The number of carbonyl (C=O) groups is 1. The van der Waals surface area contributed by atoms with Gasteiger partial charge in [0.25, 0.3) is 0 Å². The molecule has 0 aromatic heterocycles. The molecule has 0 saturated carbocycles. The summed E-state index contributed by atoms with van der Waals surface area (Å²) in [6.07, 6.45) is 0. The van der Waals surface area contributed by atoms with Crippen LogP contribution in [0.5, 0.6) is 0 Å². The molecule has 0 heterocycles. The summed E-state index contributed by atoms with van der Waals surface area (Å²) in [5.41, 5.74) is -4.41. The molecule has 19 heavy (non-hydrogen) atoms. The molecule has 0 aliphatic heterocycles. The van der Waals surface area contributed by atoms with Crippen LogP contribution < -0.4 is 34.5 Å². The van der Waals surface area contributed by atoms with Gasteiger partial charge in [-0.25, -0.2) is 22.0 Å². The number of hydrogen-bond donors (Lipinski definition) is 0. The van der Waals surface area contributed by atoms with Crippen LogP contribution in [-0.2, 0) is 9.09 Å². The van der Waals surface area contributed by atoms with Crippen molar-refractivity contribution >= 4 is 13.1 Å². The second kappa shape index (κ2) is 6.43. The van der Waals surface area contributed by atoms with Gasteiger partial charge >= 0.3 is 29.6 Å². The van der Waals surface area contributed by atoms with Gasteiger partial charge in [0, 0.05) is 7.11 Å². The van der Waals surface area contributed by atoms with Gasteiger partial charge < -0.3 is 14.0 Å². The van der Waals surface area contributed by atoms with Crippen molar-refractivity contribution in [2.45, 2.75) is 0 Å². The summed E-state index contributed by atoms with van der Waals surface area (Å²) < 4.78 is 78.7. The number of carbonyl (C=O) groups excluding carboxylic acids is 1. The molecule has 11 heteroatoms. The van der Waals surface area contributed by atoms with Gasteiger partial charge in [0.15, 0.2) is 23.3 Å². The predicted octanol–water partition coefficient (Wildman–Crippen LogP) is -1.27. The van der Waals surface area contributed by atoms with E-state index in [0.29, 0.717) is 7.11 Å². The summed E-state index contributed by atoms with van der Waals surface area (Å²) in [6, 6.07) is 0. The smallest absolute Gasteiger partial charge is 0.773 e. The Morgan fingerprint density at radius 3 is 1.63 bits per heavy atom. The first kappa shape index (κ1) is 18.7. The monoisotopic (exact) mass is 312 g/mol. The number of halogens is 5. The van der Waals surface area contributed by atoms with Crippen molar-refractivity contribution in [2.24, 2.45) is 0 Å². The van der Waals surface area contributed by atoms with Crippen LogP contribution in [0.25, 0.3) is 0 Å². The average molecular weight is 312 g/mol. The van der Waals surface area contributed by atoms with E-state index in [2.05, 4.69) is 4.52 Å². The van der Waals surface area contributed by atoms with E-state index in [1.807, 2.05) is 0 Å². The van der Waals surface area contributed by atoms with Crippen LogP contribution in [-0.4, -0.2) is 12.6 Å². The third-order valence-electron chi connectivity index (χ3n) is 1.91. The zero-order valence-electron chi connectivity index (χ0n) is 9.47. The fourth-order valence-electron chi connectivity index (χ4n) is 1.01. The zero-order chi connectivity index (χ0) is 14.2. The van der Waals surface area contributed by atoms with Crippen molar-refractivity contribution in [2.75, 3.05) is 7.11 Å². The summed E-state index contributed by atoms with van der Waals surface area (Å²) in [7, 11) is -4.92. The van der Waals surface area contributed by atoms with Crippen molar-refractivity contribution in [3.8, 4) is 0 Å². The molecule has 4 nitrogen and oxygen atoms in total. The first-order valence-electron chi connectivity index (χ1n) is 4.08. The Morgan fingerprint density at radius 2 is 1.32 bits per heavy atom. The van der Waals surface area contributed by atoms with Gasteiger partial charge in [-0.05, 0) is 0 Å². The molecule has 0 amide bonds. The molecule has 1 atom stereocenters. The minimum atomic E-state index is -5.42. The largest absolute Gasteiger partial charge is 1.00 e. The first-order valence-corrected chi connectivity index (χ1v) is 5.62. The second-order valence-corrected chi connectivity index (χ2v) is 4.70. The molecule has 0 aliphatic rings. The van der Waals surface area contributed by atoms with E-state index < -0.39 is 47.8 Å². The van der Waals surface area contributed by atoms with Crippen molar-refractivity contribution in [3.63, 3.8) is 0 Å². The Hall–Kier alpha value is -0.310. The van der Waals surface area contributed by atoms with Crippen LogP contribution in [0, 0.1) is 29.1 Å². The fourth-order valence-corrected chi connectivity index (χ4v) is 1.65. The normalized spacial score (nSPS) is 13.6. The Kier molecular flexibility index (Phi) is 6.32. The molecular formula is C8H3F5NaO4P. The molecule has 0 aliphatic carbocycles. The Balaban J connectivity index is 0.00000324. The summed E-state index contributed by atoms with van der Waals surface area (Å²) in [5.74, 6) is -12.4. The molecule has 0 fully saturated rings. The van der Waals surface area contributed by atoms with E-state index in [0.717, 1.165) is 0 Å². The molecule has 0 spiro atoms. The van der Waals surface area contributed by atoms with Crippen LogP contribution in [0.4, 0.5) is 22.0 Å². The molecule has 1 rings (SSSR count). The molecular weight excluding hydrogens is 309 g/mol. The van der Waals surface area contributed by atoms with Crippen LogP contribution >= 0.6 is 7.60 Å². The SMILES string of the molecule is COP(=O)([O-])C(=O)c1c(F)c(F)c(F)c(F)c1F.[Na+]. The topological polar surface area (TPSA) is 66.4 Å². The molecule has 1 aromatic rings. The summed E-state index contributed by atoms with van der Waals surface area (Å²) in [6.45, 7) is 0. The van der Waals surface area contributed by atoms with Gasteiger partial charge in [0.05, 0.1) is 0 Å². The van der Waals surface area contributed by atoms with E-state index >= 15 is 0 Å². The fraction of sp³-hybridized carbons (Fsp3) is 0.125. The maximum absolute atomic E-state index is 13.1. The maximum Gasteiger partial charge on any atom is 1.00 e. The molecule has 100 valence electrons. The third-order valence-corrected chi connectivity index (χ3v) is 3.11. The predicted molar refractivity (Wildman–Crippen MR) is 45.2 cm³/mol. The van der Waals surface area contributed by atoms with E-state index in [4.69, 9.17) is 0 Å². The van der Waals surface area contributed by atoms with Crippen LogP contribution in [0.15, 0.2) is 0 Å². The minimum absolute atomic E-state index is 0. The van der Waals surface area contributed by atoms with Gasteiger partial charge in [-0.3, -0.25) is 4.79 Å². The molecule has 0 radical (unpaired) electrons. The van der Waals surface area contributed by atoms with E-state index in [1.165, 1.54) is 0 Å². The second-order valence-electron chi connectivity index (χ2n) is 2.93. The van der Waals surface area contributed by atoms with Crippen molar-refractivity contribution in [3.05, 3.63) is 34.6 Å². The van der Waals surface area contributed by atoms with Gasteiger partial charge in [-0.2, -0.15) is 0 Å². The van der Waals surface area contributed by atoms with E-state index in [1.54, 1.807) is 0 Å². The number of rotatable bonds is 3. The minimum Gasteiger partial charge on any atom is -0.773 e. The third kappa shape index (κ3) is 3.24. The average Bonchev–Trinajstić information content (AvgIpc) is 2.34. The summed E-state index contributed by atoms with van der Waals surface area (Å²) in [5, 5.41) is 0. The molecule has 0 bridgehead atoms. The maximum atomic E-state index is 13.1. The first-order chi connectivity index (χ1) is 8.15. The standard InChI is InChI=1S/C8H4F5O4P.Na/c1-17-18(15,16)8(14)2-3(9)5(11)7(13)6(12)4(2)10;/h1H3,(H,15,16);/q;+1/p-1. The van der Waals surface area contributed by atoms with Crippen molar-refractivity contribution < 1.29 is 70.3 Å². The van der Waals surface area contributed by atoms with Crippen LogP contribution in [0.3, 0.4) is 0 Å². The Morgan fingerprint density at radius 1 is 1.00 bits per heavy atom. The van der Waals surface area contributed by atoms with E-state index in [9.17, 15) is 36.2 Å².